The first kappa shape index (κ1) is 17.7. The summed E-state index contributed by atoms with van der Waals surface area (Å²) < 4.78 is 62.7. The van der Waals surface area contributed by atoms with Gasteiger partial charge in [0.15, 0.2) is 15.5 Å². The van der Waals surface area contributed by atoms with Crippen LogP contribution in [0, 0.1) is 0 Å². The highest BCUT2D eigenvalue weighted by Gasteiger charge is 2.42. The summed E-state index contributed by atoms with van der Waals surface area (Å²) in [6.45, 7) is -0.364. The van der Waals surface area contributed by atoms with Gasteiger partial charge in [-0.15, -0.1) is 0 Å². The minimum absolute atomic E-state index is 0.0107. The summed E-state index contributed by atoms with van der Waals surface area (Å²) >= 11 is 2.96. The van der Waals surface area contributed by atoms with Crippen LogP contribution in [0.2, 0.25) is 0 Å². The number of carbonyl (C=O) groups is 1. The van der Waals surface area contributed by atoms with Crippen molar-refractivity contribution in [3.05, 3.63) is 15.9 Å². The Kier molecular flexibility index (Phi) is 4.44. The van der Waals surface area contributed by atoms with Crippen LogP contribution in [0.15, 0.2) is 4.47 Å². The Morgan fingerprint density at radius 3 is 2.50 bits per heavy atom. The molecule has 1 aromatic rings. The van der Waals surface area contributed by atoms with Crippen molar-refractivity contribution in [2.45, 2.75) is 43.9 Å². The molecule has 0 bridgehead atoms. The molecule has 6 nitrogen and oxygen atoms in total. The van der Waals surface area contributed by atoms with Crippen molar-refractivity contribution >= 4 is 31.7 Å². The van der Waals surface area contributed by atoms with E-state index in [1.165, 1.54) is 0 Å². The molecule has 11 heteroatoms. The van der Waals surface area contributed by atoms with E-state index in [4.69, 9.17) is 0 Å². The molecule has 1 aliphatic carbocycles. The zero-order chi connectivity index (χ0) is 17.7. The molecule has 2 aliphatic rings. The Labute approximate surface area is 144 Å². The quantitative estimate of drug-likeness (QED) is 0.791. The van der Waals surface area contributed by atoms with E-state index in [1.54, 1.807) is 0 Å². The number of hydrogen-bond acceptors (Lipinski definition) is 4. The molecule has 2 fully saturated rings. The van der Waals surface area contributed by atoms with Crippen LogP contribution < -0.4 is 5.32 Å². The molecule has 0 radical (unpaired) electrons. The molecule has 0 aromatic carbocycles. The van der Waals surface area contributed by atoms with E-state index in [-0.39, 0.29) is 28.4 Å². The second kappa shape index (κ2) is 6.01. The molecule has 2 heterocycles. The molecule has 0 spiro atoms. The molecule has 1 saturated heterocycles. The summed E-state index contributed by atoms with van der Waals surface area (Å²) in [5.41, 5.74) is -0.669. The van der Waals surface area contributed by atoms with Crippen molar-refractivity contribution < 1.29 is 26.4 Å². The molecular formula is C13H15BrF3N3O3S. The maximum atomic E-state index is 13.0. The third-order valence-corrected chi connectivity index (χ3v) is 6.60. The van der Waals surface area contributed by atoms with Crippen LogP contribution in [-0.2, 0) is 27.4 Å². The van der Waals surface area contributed by atoms with Gasteiger partial charge in [0.2, 0.25) is 5.91 Å². The third kappa shape index (κ3) is 3.76. The van der Waals surface area contributed by atoms with Gasteiger partial charge < -0.3 is 5.32 Å². The van der Waals surface area contributed by atoms with Crippen LogP contribution in [-0.4, -0.2) is 41.7 Å². The number of rotatable bonds is 4. The minimum Gasteiger partial charge on any atom is -0.351 e. The van der Waals surface area contributed by atoms with Gasteiger partial charge in [-0.3, -0.25) is 9.48 Å². The fourth-order valence-electron chi connectivity index (χ4n) is 2.82. The Balaban J connectivity index is 1.76. The van der Waals surface area contributed by atoms with Gasteiger partial charge in [-0.05, 0) is 35.2 Å². The van der Waals surface area contributed by atoms with Crippen molar-refractivity contribution in [1.82, 2.24) is 15.1 Å². The first-order valence-corrected chi connectivity index (χ1v) is 10.0. The molecule has 1 saturated carbocycles. The molecule has 134 valence electrons. The van der Waals surface area contributed by atoms with E-state index in [1.807, 2.05) is 0 Å². The van der Waals surface area contributed by atoms with Crippen LogP contribution in [0.3, 0.4) is 0 Å². The Morgan fingerprint density at radius 1 is 1.33 bits per heavy atom. The number of halogens is 4. The van der Waals surface area contributed by atoms with E-state index >= 15 is 0 Å². The van der Waals surface area contributed by atoms with E-state index in [0.29, 0.717) is 12.1 Å². The highest BCUT2D eigenvalue weighted by Crippen LogP contribution is 2.46. The zero-order valence-electron chi connectivity index (χ0n) is 12.4. The van der Waals surface area contributed by atoms with E-state index in [2.05, 4.69) is 26.3 Å². The number of nitrogens with one attached hydrogen (secondary N) is 1. The van der Waals surface area contributed by atoms with Crippen LogP contribution in [0.1, 0.15) is 36.6 Å². The molecule has 24 heavy (non-hydrogen) atoms. The van der Waals surface area contributed by atoms with Crippen molar-refractivity contribution in [2.24, 2.45) is 0 Å². The average molecular weight is 430 g/mol. The SMILES string of the molecule is O=C(Cn1nc(C(F)(F)F)c(Br)c1C1CC1)NC1CCS(=O)(=O)C1. The van der Waals surface area contributed by atoms with E-state index in [9.17, 15) is 26.4 Å². The largest absolute Gasteiger partial charge is 0.436 e. The molecular weight excluding hydrogens is 415 g/mol. The first-order valence-electron chi connectivity index (χ1n) is 7.40. The van der Waals surface area contributed by atoms with Gasteiger partial charge in [0, 0.05) is 12.0 Å². The van der Waals surface area contributed by atoms with Gasteiger partial charge in [-0.2, -0.15) is 18.3 Å². The van der Waals surface area contributed by atoms with Crippen molar-refractivity contribution in [2.75, 3.05) is 11.5 Å². The minimum atomic E-state index is -4.61. The van der Waals surface area contributed by atoms with Crippen LogP contribution >= 0.6 is 15.9 Å². The summed E-state index contributed by atoms with van der Waals surface area (Å²) in [7, 11) is -3.14. The topological polar surface area (TPSA) is 81.1 Å². The number of aromatic nitrogens is 2. The average Bonchev–Trinajstić information content (AvgIpc) is 3.12. The molecule has 3 rings (SSSR count). The second-order valence-corrected chi connectivity index (χ2v) is 9.17. The van der Waals surface area contributed by atoms with Gasteiger partial charge >= 0.3 is 6.18 Å². The number of hydrogen-bond donors (Lipinski definition) is 1. The highest BCUT2D eigenvalue weighted by atomic mass is 79.9. The van der Waals surface area contributed by atoms with Crippen LogP contribution in [0.4, 0.5) is 13.2 Å². The second-order valence-electron chi connectivity index (χ2n) is 6.14. The Bertz CT molecular complexity index is 771. The van der Waals surface area contributed by atoms with Crippen molar-refractivity contribution in [3.8, 4) is 0 Å². The summed E-state index contributed by atoms with van der Waals surface area (Å²) in [6.07, 6.45) is -2.78. The Morgan fingerprint density at radius 2 is 2.00 bits per heavy atom. The normalized spacial score (nSPS) is 23.4. The summed E-state index contributed by atoms with van der Waals surface area (Å²) in [4.78, 5) is 12.1. The van der Waals surface area contributed by atoms with Crippen LogP contribution in [0.5, 0.6) is 0 Å². The fraction of sp³-hybridized carbons (Fsp3) is 0.692. The van der Waals surface area contributed by atoms with Crippen LogP contribution in [0.25, 0.3) is 0 Å². The molecule has 1 aromatic heterocycles. The lowest BCUT2D eigenvalue weighted by Gasteiger charge is -2.12. The number of carbonyl (C=O) groups excluding carboxylic acids is 1. The lowest BCUT2D eigenvalue weighted by atomic mass is 10.2. The summed E-state index contributed by atoms with van der Waals surface area (Å²) in [6, 6.07) is -0.493. The van der Waals surface area contributed by atoms with Gasteiger partial charge in [0.05, 0.1) is 21.7 Å². The molecule has 1 atom stereocenters. The number of sulfone groups is 1. The van der Waals surface area contributed by atoms with Gasteiger partial charge in [0.1, 0.15) is 6.54 Å². The lowest BCUT2D eigenvalue weighted by Crippen LogP contribution is -2.38. The molecule has 1 aliphatic heterocycles. The predicted octanol–water partition coefficient (Wildman–Crippen LogP) is 1.85. The van der Waals surface area contributed by atoms with E-state index < -0.39 is 33.7 Å². The predicted molar refractivity (Wildman–Crippen MR) is 82.1 cm³/mol. The van der Waals surface area contributed by atoms with Crippen molar-refractivity contribution in [1.29, 1.82) is 0 Å². The van der Waals surface area contributed by atoms with Gasteiger partial charge in [0.25, 0.3) is 0 Å². The first-order chi connectivity index (χ1) is 11.1. The Hall–Kier alpha value is -1.10. The molecule has 1 amide bonds. The van der Waals surface area contributed by atoms with E-state index in [0.717, 1.165) is 17.5 Å². The summed E-state index contributed by atoms with van der Waals surface area (Å²) in [5.74, 6) is -0.702. The lowest BCUT2D eigenvalue weighted by molar-refractivity contribution is -0.142. The fourth-order valence-corrected chi connectivity index (χ4v) is 5.33. The maximum Gasteiger partial charge on any atom is 0.436 e. The number of alkyl halides is 3. The van der Waals surface area contributed by atoms with Gasteiger partial charge in [-0.1, -0.05) is 0 Å². The maximum absolute atomic E-state index is 13.0. The molecule has 1 unspecified atom stereocenters. The van der Waals surface area contributed by atoms with Crippen molar-refractivity contribution in [3.63, 3.8) is 0 Å². The summed E-state index contributed by atoms with van der Waals surface area (Å²) in [5, 5.41) is 6.11. The number of nitrogens with zero attached hydrogens (tertiary/aromatic N) is 2. The third-order valence-electron chi connectivity index (χ3n) is 4.06. The zero-order valence-corrected chi connectivity index (χ0v) is 14.8. The number of amides is 1. The highest BCUT2D eigenvalue weighted by molar-refractivity contribution is 9.10. The van der Waals surface area contributed by atoms with Gasteiger partial charge in [-0.25, -0.2) is 8.42 Å². The monoisotopic (exact) mass is 429 g/mol. The standard InChI is InChI=1S/C13H15BrF3N3O3S/c14-10-11(7-1-2-7)20(19-12(10)13(15,16)17)5-9(21)18-8-3-4-24(22,23)6-8/h7-8H,1-6H2,(H,18,21). The molecule has 1 N–H and O–H groups in total. The smallest absolute Gasteiger partial charge is 0.351 e.